The number of esters is 1. The van der Waals surface area contributed by atoms with Gasteiger partial charge in [0.25, 0.3) is 17.7 Å². The Morgan fingerprint density at radius 2 is 1.47 bits per heavy atom. The Kier molecular flexibility index (Phi) is 23.2. The molecule has 1 aromatic carbocycles. The number of rotatable bonds is 27. The van der Waals surface area contributed by atoms with Crippen LogP contribution in [0.1, 0.15) is 121 Å². The highest BCUT2D eigenvalue weighted by Crippen LogP contribution is 2.31. The minimum Gasteiger partial charge on any atom is -0.455 e. The number of ether oxygens (including phenoxy) is 1. The number of benzene rings is 1. The van der Waals surface area contributed by atoms with Crippen molar-refractivity contribution in [2.24, 2.45) is 23.5 Å². The van der Waals surface area contributed by atoms with Gasteiger partial charge in [-0.15, -0.1) is 11.3 Å². The van der Waals surface area contributed by atoms with Crippen molar-refractivity contribution in [3.05, 3.63) is 64.1 Å². The fourth-order valence-electron chi connectivity index (χ4n) is 8.76. The maximum absolute atomic E-state index is 14.6. The first-order valence-electron chi connectivity index (χ1n) is 25.5. The lowest BCUT2D eigenvalue weighted by Gasteiger charge is -2.37. The van der Waals surface area contributed by atoms with Gasteiger partial charge < -0.3 is 46.0 Å². The summed E-state index contributed by atoms with van der Waals surface area (Å²) < 4.78 is 5.78. The van der Waals surface area contributed by atoms with Crippen LogP contribution in [0.4, 0.5) is 4.79 Å². The molecule has 0 saturated carbocycles. The van der Waals surface area contributed by atoms with Gasteiger partial charge in [-0.2, -0.15) is 0 Å². The second kappa shape index (κ2) is 28.7. The van der Waals surface area contributed by atoms with E-state index in [-0.39, 0.29) is 113 Å². The zero-order valence-electron chi connectivity index (χ0n) is 44.3. The summed E-state index contributed by atoms with van der Waals surface area (Å²) in [6, 6.07) is 4.41. The molecule has 0 bridgehead atoms. The first-order valence-corrected chi connectivity index (χ1v) is 26.3. The molecule has 0 unspecified atom stereocenters. The van der Waals surface area contributed by atoms with E-state index in [9.17, 15) is 47.9 Å². The number of nitrogens with zero attached hydrogens (tertiary/aromatic N) is 6. The Hall–Kier alpha value is -6.71. The summed E-state index contributed by atoms with van der Waals surface area (Å²) >= 11 is 1.11. The molecular formula is C52H76N10O11S. The van der Waals surface area contributed by atoms with Crippen LogP contribution >= 0.6 is 11.3 Å². The molecule has 74 heavy (non-hydrogen) atoms. The van der Waals surface area contributed by atoms with Gasteiger partial charge in [-0.05, 0) is 42.6 Å². The fourth-order valence-corrected chi connectivity index (χ4v) is 9.59. The Balaban J connectivity index is 1.52. The van der Waals surface area contributed by atoms with Crippen LogP contribution in [0.2, 0.25) is 0 Å². The van der Waals surface area contributed by atoms with Crippen molar-refractivity contribution in [1.82, 2.24) is 45.4 Å². The third kappa shape index (κ3) is 17.5. The average Bonchev–Trinajstić information content (AvgIpc) is 3.99. The van der Waals surface area contributed by atoms with Crippen molar-refractivity contribution in [1.29, 1.82) is 0 Å². The molecule has 22 heteroatoms. The highest BCUT2D eigenvalue weighted by atomic mass is 32.1. The van der Waals surface area contributed by atoms with Crippen LogP contribution in [-0.2, 0) is 49.5 Å². The number of nitrogens with two attached hydrogens (primary N) is 1. The molecule has 6 atom stereocenters. The summed E-state index contributed by atoms with van der Waals surface area (Å²) in [5, 5.41) is 10.0. The Morgan fingerprint density at radius 3 is 2.05 bits per heavy atom. The number of urea groups is 1. The van der Waals surface area contributed by atoms with Crippen molar-refractivity contribution in [3.8, 4) is 0 Å². The van der Waals surface area contributed by atoms with E-state index >= 15 is 0 Å². The Morgan fingerprint density at radius 1 is 0.838 bits per heavy atom. The van der Waals surface area contributed by atoms with E-state index in [2.05, 4.69) is 20.9 Å². The quantitative estimate of drug-likeness (QED) is 0.0571. The number of piperazine rings is 1. The molecule has 406 valence electrons. The molecule has 1 aromatic heterocycles. The molecule has 5 N–H and O–H groups in total. The number of carbonyl (C=O) groups excluding carboxylic acids is 10. The van der Waals surface area contributed by atoms with Crippen molar-refractivity contribution in [3.63, 3.8) is 0 Å². The third-order valence-electron chi connectivity index (χ3n) is 13.5. The average molecular weight is 1050 g/mol. The van der Waals surface area contributed by atoms with E-state index in [0.29, 0.717) is 23.4 Å². The molecule has 2 aromatic rings. The maximum atomic E-state index is 14.6. The number of imide groups is 1. The number of thiazole rings is 1. The molecular weight excluding hydrogens is 973 g/mol. The van der Waals surface area contributed by atoms with Crippen LogP contribution in [0.5, 0.6) is 0 Å². The van der Waals surface area contributed by atoms with Gasteiger partial charge in [-0.25, -0.2) is 9.78 Å². The first kappa shape index (κ1) is 59.8. The molecule has 2 aliphatic heterocycles. The molecule has 4 rings (SSSR count). The molecule has 1 saturated heterocycles. The van der Waals surface area contributed by atoms with Crippen molar-refractivity contribution >= 4 is 70.6 Å². The smallest absolute Gasteiger partial charge is 0.312 e. The minimum atomic E-state index is -1.25. The monoisotopic (exact) mass is 1050 g/mol. The van der Waals surface area contributed by atoms with E-state index in [0.717, 1.165) is 22.7 Å². The summed E-state index contributed by atoms with van der Waals surface area (Å²) in [7, 11) is 3.19. The SMILES string of the molecule is CC[C@H](C)CC(=O)N(C)[C@H](C[C@@H](OC(C)=O)c1nc(C(=O)N(C)[C@@H](Cc2ccccc2)C(=O)N[C@@H](CCCNC(N)=O)C(=O)N[C@H](C(=O)N2CCN(C(=O)CCCN3C(=O)C=CC3=O)CC2)C(C)C)cs1)C(C)C. The number of nitrogens with one attached hydrogen (secondary N) is 3. The summed E-state index contributed by atoms with van der Waals surface area (Å²) in [5.41, 5.74) is 5.99. The van der Waals surface area contributed by atoms with Crippen LogP contribution < -0.4 is 21.7 Å². The van der Waals surface area contributed by atoms with E-state index in [4.69, 9.17) is 10.5 Å². The highest BCUT2D eigenvalue weighted by Gasteiger charge is 2.37. The molecule has 10 amide bonds. The molecule has 2 aliphatic rings. The summed E-state index contributed by atoms with van der Waals surface area (Å²) in [6.45, 7) is 13.9. The predicted octanol–water partition coefficient (Wildman–Crippen LogP) is 3.19. The lowest BCUT2D eigenvalue weighted by atomic mass is 9.95. The Labute approximate surface area is 438 Å². The number of likely N-dealkylation sites (N-methyl/N-ethyl adjacent to an activating group) is 1. The molecule has 0 radical (unpaired) electrons. The fraction of sp³-hybridized carbons (Fsp3) is 0.596. The number of amides is 10. The minimum absolute atomic E-state index is 0.00667. The highest BCUT2D eigenvalue weighted by molar-refractivity contribution is 7.09. The van der Waals surface area contributed by atoms with Gasteiger partial charge >= 0.3 is 12.0 Å². The van der Waals surface area contributed by atoms with Crippen LogP contribution in [0, 0.1) is 17.8 Å². The molecule has 3 heterocycles. The van der Waals surface area contributed by atoms with Gasteiger partial charge in [0.1, 0.15) is 28.8 Å². The Bertz CT molecular complexity index is 2320. The van der Waals surface area contributed by atoms with E-state index in [1.165, 1.54) is 36.4 Å². The first-order chi connectivity index (χ1) is 35.0. The van der Waals surface area contributed by atoms with Gasteiger partial charge in [0.2, 0.25) is 29.5 Å². The van der Waals surface area contributed by atoms with Crippen molar-refractivity contribution < 1.29 is 52.7 Å². The summed E-state index contributed by atoms with van der Waals surface area (Å²) in [6.07, 6.45) is 3.57. The lowest BCUT2D eigenvalue weighted by molar-refractivity contribution is -0.148. The van der Waals surface area contributed by atoms with Crippen LogP contribution in [0.15, 0.2) is 47.9 Å². The number of hydrogen-bond donors (Lipinski definition) is 4. The second-order valence-corrected chi connectivity index (χ2v) is 20.6. The van der Waals surface area contributed by atoms with Crippen LogP contribution in [0.25, 0.3) is 0 Å². The zero-order valence-corrected chi connectivity index (χ0v) is 45.1. The van der Waals surface area contributed by atoms with Gasteiger partial charge in [-0.3, -0.25) is 48.1 Å². The second-order valence-electron chi connectivity index (χ2n) is 19.8. The molecule has 21 nitrogen and oxygen atoms in total. The van der Waals surface area contributed by atoms with E-state index in [1.54, 1.807) is 59.9 Å². The van der Waals surface area contributed by atoms with Gasteiger partial charge in [0, 0.05) is 110 Å². The van der Waals surface area contributed by atoms with E-state index < -0.39 is 71.7 Å². The number of aromatic nitrogens is 1. The third-order valence-corrected chi connectivity index (χ3v) is 14.4. The topological polar surface area (TPSA) is 271 Å². The number of primary amides is 1. The van der Waals surface area contributed by atoms with E-state index in [1.807, 2.05) is 33.8 Å². The van der Waals surface area contributed by atoms with Crippen LogP contribution in [-0.4, -0.2) is 166 Å². The molecule has 0 spiro atoms. The van der Waals surface area contributed by atoms with Gasteiger partial charge in [0.15, 0.2) is 6.10 Å². The maximum Gasteiger partial charge on any atom is 0.312 e. The van der Waals surface area contributed by atoms with Crippen LogP contribution in [0.3, 0.4) is 0 Å². The summed E-state index contributed by atoms with van der Waals surface area (Å²) in [4.78, 5) is 143. The standard InChI is InChI=1S/C52H76N10O11S/c1-10-34(6)28-45(67)58(8)39(32(2)3)30-41(73-35(7)63)49-56-38(31-74-49)50(70)59(9)40(29-36-16-12-11-13-17-36)48(69)55-37(18-14-22-54-52(53)72)47(68)57-46(33(4)5)51(71)61-26-24-60(25-27-61)42(64)19-15-23-62-43(65)20-21-44(62)66/h11-13,16-17,20-21,31-34,37,39-41,46H,10,14-15,18-19,22-30H2,1-9H3,(H,55,69)(H,57,68)(H3,53,54,72)/t34-,37-,39+,40-,41+,46-/m0/s1. The molecule has 0 aliphatic carbocycles. The van der Waals surface area contributed by atoms with Crippen molar-refractivity contribution in [2.75, 3.05) is 53.4 Å². The molecule has 1 fully saturated rings. The number of carbonyl (C=O) groups is 10. The normalized spacial score (nSPS) is 16.0. The lowest BCUT2D eigenvalue weighted by Crippen LogP contribution is -2.60. The van der Waals surface area contributed by atoms with Gasteiger partial charge in [0.05, 0.1) is 0 Å². The number of hydrogen-bond acceptors (Lipinski definition) is 13. The zero-order chi connectivity index (χ0) is 54.8. The largest absolute Gasteiger partial charge is 0.455 e. The van der Waals surface area contributed by atoms with Crippen molar-refractivity contribution in [2.45, 2.75) is 130 Å². The summed E-state index contributed by atoms with van der Waals surface area (Å²) in [5.74, 6) is -4.21. The van der Waals surface area contributed by atoms with Gasteiger partial charge in [-0.1, -0.05) is 78.3 Å². The predicted molar refractivity (Wildman–Crippen MR) is 277 cm³/mol.